The van der Waals surface area contributed by atoms with Crippen LogP contribution in [-0.2, 0) is 17.8 Å². The number of rotatable bonds is 2. The van der Waals surface area contributed by atoms with Gasteiger partial charge in [0, 0.05) is 24.9 Å². The Morgan fingerprint density at radius 3 is 2.76 bits per heavy atom. The summed E-state index contributed by atoms with van der Waals surface area (Å²) >= 11 is 1.40. The normalized spacial score (nSPS) is 19.3. The molecule has 0 unspecified atom stereocenters. The van der Waals surface area contributed by atoms with Crippen molar-refractivity contribution >= 4 is 23.2 Å². The predicted molar refractivity (Wildman–Crippen MR) is 111 cm³/mol. The van der Waals surface area contributed by atoms with Gasteiger partial charge in [-0.2, -0.15) is 0 Å². The lowest BCUT2D eigenvalue weighted by molar-refractivity contribution is -0.140. The minimum Gasteiger partial charge on any atom is -0.333 e. The average molecular weight is 415 g/mol. The number of hydrogen-bond donors (Lipinski definition) is 1. The third-order valence-corrected chi connectivity index (χ3v) is 6.43. The zero-order chi connectivity index (χ0) is 20.8. The van der Waals surface area contributed by atoms with Crippen LogP contribution in [0.1, 0.15) is 66.4 Å². The van der Waals surface area contributed by atoms with E-state index in [4.69, 9.17) is 4.98 Å². The van der Waals surface area contributed by atoms with Crippen molar-refractivity contribution in [3.63, 3.8) is 0 Å². The molecule has 0 radical (unpaired) electrons. The summed E-state index contributed by atoms with van der Waals surface area (Å²) in [4.78, 5) is 50.2. The van der Waals surface area contributed by atoms with Crippen molar-refractivity contribution in [1.29, 1.82) is 0 Å². The molecule has 0 saturated carbocycles. The minimum atomic E-state index is -0.472. The first kappa shape index (κ1) is 19.8. The van der Waals surface area contributed by atoms with E-state index in [0.29, 0.717) is 35.8 Å². The van der Waals surface area contributed by atoms with E-state index in [1.54, 1.807) is 11.0 Å². The largest absolute Gasteiger partial charge is 0.333 e. The number of aromatic amines is 1. The number of nitrogens with zero attached hydrogens (tertiary/aromatic N) is 3. The summed E-state index contributed by atoms with van der Waals surface area (Å²) in [7, 11) is 0. The highest BCUT2D eigenvalue weighted by molar-refractivity contribution is 7.12. The maximum absolute atomic E-state index is 12.8. The SMILES string of the molecule is CC(C)(C)C(=O)N1CCC[C@@H]1c1nc2c(c(=O)[nH]1)CN(C(=O)c1cccs1)CC2. The molecule has 0 aliphatic carbocycles. The van der Waals surface area contributed by atoms with Gasteiger partial charge < -0.3 is 14.8 Å². The Kier molecular flexibility index (Phi) is 5.06. The van der Waals surface area contributed by atoms with Gasteiger partial charge in [-0.15, -0.1) is 11.3 Å². The lowest BCUT2D eigenvalue weighted by atomic mass is 9.94. The molecule has 1 atom stereocenters. The topological polar surface area (TPSA) is 86.4 Å². The standard InChI is InChI=1S/C21H26N4O3S/c1-21(2,3)20(28)25-9-4-6-15(25)17-22-14-8-10-24(12-13(14)18(26)23-17)19(27)16-7-5-11-29-16/h5,7,11,15H,4,6,8-10,12H2,1-3H3,(H,22,23,26)/t15-/m1/s1. The molecule has 154 valence electrons. The van der Waals surface area contributed by atoms with E-state index in [9.17, 15) is 14.4 Å². The molecule has 1 saturated heterocycles. The van der Waals surface area contributed by atoms with Gasteiger partial charge in [-0.25, -0.2) is 4.98 Å². The molecule has 4 rings (SSSR count). The molecule has 2 amide bonds. The summed E-state index contributed by atoms with van der Waals surface area (Å²) < 4.78 is 0. The van der Waals surface area contributed by atoms with Crippen LogP contribution in [0.4, 0.5) is 0 Å². The highest BCUT2D eigenvalue weighted by Gasteiger charge is 2.37. The van der Waals surface area contributed by atoms with Crippen LogP contribution in [0.15, 0.2) is 22.3 Å². The molecule has 0 spiro atoms. The van der Waals surface area contributed by atoms with Gasteiger partial charge in [-0.3, -0.25) is 14.4 Å². The monoisotopic (exact) mass is 414 g/mol. The van der Waals surface area contributed by atoms with Gasteiger partial charge in [0.1, 0.15) is 5.82 Å². The Bertz CT molecular complexity index is 990. The number of aromatic nitrogens is 2. The third kappa shape index (κ3) is 3.73. The van der Waals surface area contributed by atoms with E-state index in [1.807, 2.05) is 37.1 Å². The first-order valence-corrected chi connectivity index (χ1v) is 10.9. The molecule has 1 N–H and O–H groups in total. The number of amides is 2. The Balaban J connectivity index is 1.59. The van der Waals surface area contributed by atoms with Gasteiger partial charge in [0.15, 0.2) is 0 Å². The van der Waals surface area contributed by atoms with Crippen LogP contribution >= 0.6 is 11.3 Å². The zero-order valence-corrected chi connectivity index (χ0v) is 17.8. The summed E-state index contributed by atoms with van der Waals surface area (Å²) in [6.45, 7) is 7.22. The number of likely N-dealkylation sites (tertiary alicyclic amines) is 1. The van der Waals surface area contributed by atoms with Crippen molar-refractivity contribution in [2.24, 2.45) is 5.41 Å². The zero-order valence-electron chi connectivity index (χ0n) is 17.0. The molecule has 2 aliphatic heterocycles. The van der Waals surface area contributed by atoms with Gasteiger partial charge >= 0.3 is 0 Å². The summed E-state index contributed by atoms with van der Waals surface area (Å²) in [6, 6.07) is 3.46. The maximum atomic E-state index is 12.8. The van der Waals surface area contributed by atoms with E-state index in [1.165, 1.54) is 11.3 Å². The number of H-pyrrole nitrogens is 1. The van der Waals surface area contributed by atoms with Gasteiger partial charge in [0.2, 0.25) is 5.91 Å². The number of nitrogens with one attached hydrogen (secondary N) is 1. The van der Waals surface area contributed by atoms with Crippen LogP contribution < -0.4 is 5.56 Å². The quantitative estimate of drug-likeness (QED) is 0.819. The number of carbonyl (C=O) groups excluding carboxylic acids is 2. The fourth-order valence-electron chi connectivity index (χ4n) is 4.06. The Morgan fingerprint density at radius 2 is 2.07 bits per heavy atom. The van der Waals surface area contributed by atoms with E-state index in [0.717, 1.165) is 18.5 Å². The highest BCUT2D eigenvalue weighted by atomic mass is 32.1. The molecule has 0 aromatic carbocycles. The van der Waals surface area contributed by atoms with Crippen molar-refractivity contribution in [3.8, 4) is 0 Å². The van der Waals surface area contributed by atoms with Gasteiger partial charge in [0.05, 0.1) is 28.7 Å². The molecule has 2 aromatic rings. The lowest BCUT2D eigenvalue weighted by Crippen LogP contribution is -2.42. The van der Waals surface area contributed by atoms with Gasteiger partial charge in [-0.05, 0) is 24.3 Å². The second kappa shape index (κ2) is 7.40. The third-order valence-electron chi connectivity index (χ3n) is 5.58. The van der Waals surface area contributed by atoms with Crippen LogP contribution in [0, 0.1) is 5.41 Å². The summed E-state index contributed by atoms with van der Waals surface area (Å²) in [5.74, 6) is 0.599. The van der Waals surface area contributed by atoms with E-state index in [-0.39, 0.29) is 30.0 Å². The second-order valence-corrected chi connectivity index (χ2v) is 9.68. The van der Waals surface area contributed by atoms with Crippen LogP contribution in [0.3, 0.4) is 0 Å². The summed E-state index contributed by atoms with van der Waals surface area (Å²) in [6.07, 6.45) is 2.24. The van der Waals surface area contributed by atoms with Crippen LogP contribution in [0.25, 0.3) is 0 Å². The van der Waals surface area contributed by atoms with E-state index < -0.39 is 5.41 Å². The molecule has 2 aromatic heterocycles. The average Bonchev–Trinajstić information content (AvgIpc) is 3.37. The Labute approximate surface area is 173 Å². The van der Waals surface area contributed by atoms with E-state index >= 15 is 0 Å². The number of carbonyl (C=O) groups is 2. The van der Waals surface area contributed by atoms with Crippen molar-refractivity contribution in [2.45, 2.75) is 52.6 Å². The fraction of sp³-hybridized carbons (Fsp3) is 0.524. The highest BCUT2D eigenvalue weighted by Crippen LogP contribution is 2.34. The summed E-state index contributed by atoms with van der Waals surface area (Å²) in [5.41, 5.74) is 0.620. The van der Waals surface area contributed by atoms with Gasteiger partial charge in [0.25, 0.3) is 11.5 Å². The van der Waals surface area contributed by atoms with Crippen LogP contribution in [0.5, 0.6) is 0 Å². The fourth-order valence-corrected chi connectivity index (χ4v) is 4.75. The molecule has 8 heteroatoms. The number of thiophene rings is 1. The Hall–Kier alpha value is -2.48. The predicted octanol–water partition coefficient (Wildman–Crippen LogP) is 2.74. The van der Waals surface area contributed by atoms with Crippen molar-refractivity contribution in [1.82, 2.24) is 19.8 Å². The molecule has 29 heavy (non-hydrogen) atoms. The van der Waals surface area contributed by atoms with Crippen molar-refractivity contribution < 1.29 is 9.59 Å². The first-order chi connectivity index (χ1) is 13.8. The second-order valence-electron chi connectivity index (χ2n) is 8.74. The number of hydrogen-bond acceptors (Lipinski definition) is 5. The lowest BCUT2D eigenvalue weighted by Gasteiger charge is -2.31. The van der Waals surface area contributed by atoms with Crippen LogP contribution in [0.2, 0.25) is 0 Å². The molecular weight excluding hydrogens is 388 g/mol. The molecule has 0 bridgehead atoms. The molecule has 4 heterocycles. The first-order valence-electron chi connectivity index (χ1n) is 10.0. The minimum absolute atomic E-state index is 0.0492. The Morgan fingerprint density at radius 1 is 1.28 bits per heavy atom. The van der Waals surface area contributed by atoms with E-state index in [2.05, 4.69) is 4.98 Å². The van der Waals surface area contributed by atoms with Crippen molar-refractivity contribution in [3.05, 3.63) is 49.8 Å². The maximum Gasteiger partial charge on any atom is 0.264 e. The molecule has 7 nitrogen and oxygen atoms in total. The molecule has 2 aliphatic rings. The smallest absolute Gasteiger partial charge is 0.264 e. The molecule has 1 fully saturated rings. The van der Waals surface area contributed by atoms with Crippen LogP contribution in [-0.4, -0.2) is 44.7 Å². The van der Waals surface area contributed by atoms with Crippen molar-refractivity contribution in [2.75, 3.05) is 13.1 Å². The van der Waals surface area contributed by atoms with Gasteiger partial charge in [-0.1, -0.05) is 26.8 Å². The summed E-state index contributed by atoms with van der Waals surface area (Å²) in [5, 5.41) is 1.87. The number of fused-ring (bicyclic) bond motifs is 1. The molecular formula is C21H26N4O3S.